The molecule has 30 heavy (non-hydrogen) atoms. The second-order valence-electron chi connectivity index (χ2n) is 8.86. The smallest absolute Gasteiger partial charge is 0.261 e. The van der Waals surface area contributed by atoms with Gasteiger partial charge in [-0.2, -0.15) is 0 Å². The second kappa shape index (κ2) is 6.06. The van der Waals surface area contributed by atoms with Gasteiger partial charge in [0.2, 0.25) is 0 Å². The molecule has 11 heteroatoms. The first-order chi connectivity index (χ1) is 14.3. The fourth-order valence-corrected chi connectivity index (χ4v) is 10.9. The normalized spacial score (nSPS) is 51.2. The van der Waals surface area contributed by atoms with E-state index < -0.39 is 45.9 Å². The molecule has 1 saturated carbocycles. The number of nitrogens with zero attached hydrogens (tertiary/aromatic N) is 2. The van der Waals surface area contributed by atoms with E-state index in [1.54, 1.807) is 6.26 Å². The molecule has 9 atom stereocenters. The number of amides is 2. The Bertz CT molecular complexity index is 943. The van der Waals surface area contributed by atoms with Crippen LogP contribution in [0.3, 0.4) is 0 Å². The Morgan fingerprint density at radius 3 is 2.57 bits per heavy atom. The van der Waals surface area contributed by atoms with E-state index in [0.29, 0.717) is 0 Å². The van der Waals surface area contributed by atoms with Gasteiger partial charge in [-0.1, -0.05) is 27.7 Å². The minimum atomic E-state index is -1.32. The van der Waals surface area contributed by atoms with E-state index in [-0.39, 0.29) is 47.9 Å². The molecule has 2 amide bonds. The van der Waals surface area contributed by atoms with E-state index in [0.717, 1.165) is 0 Å². The van der Waals surface area contributed by atoms with Crippen molar-refractivity contribution in [2.45, 2.75) is 58.5 Å². The predicted molar refractivity (Wildman–Crippen MR) is 111 cm³/mol. The van der Waals surface area contributed by atoms with E-state index in [9.17, 15) is 29.4 Å². The Hall–Kier alpha value is -1.01. The van der Waals surface area contributed by atoms with Crippen LogP contribution in [0.4, 0.5) is 0 Å². The van der Waals surface area contributed by atoms with E-state index in [2.05, 4.69) is 0 Å². The largest absolute Gasteiger partial charge is 0.390 e. The van der Waals surface area contributed by atoms with Crippen molar-refractivity contribution in [1.29, 1.82) is 0 Å². The first-order valence-corrected chi connectivity index (χ1v) is 13.4. The van der Waals surface area contributed by atoms with Crippen molar-refractivity contribution in [1.82, 2.24) is 9.80 Å². The zero-order valence-corrected chi connectivity index (χ0v) is 18.4. The quantitative estimate of drug-likeness (QED) is 0.504. The van der Waals surface area contributed by atoms with Crippen LogP contribution in [0.1, 0.15) is 19.3 Å². The monoisotopic (exact) mass is 468 g/mol. The van der Waals surface area contributed by atoms with Gasteiger partial charge in [0.1, 0.15) is 5.78 Å². The van der Waals surface area contributed by atoms with Crippen LogP contribution < -0.4 is 0 Å². The van der Waals surface area contributed by atoms with Gasteiger partial charge < -0.3 is 20.0 Å². The highest BCUT2D eigenvalue weighted by Crippen LogP contribution is 2.65. The SMILES string of the molecule is CS[C@@]12C[C@H]3C(=O)C=C[C@H](O)[C@H]3N1C(=O)[C@@]13C[C@H]4C(=O)C[C@@H](SS1)[C@H](O)[C@H]4N3C2=O. The number of ketones is 2. The highest BCUT2D eigenvalue weighted by molar-refractivity contribution is 8.77. The fourth-order valence-electron chi connectivity index (χ4n) is 6.32. The van der Waals surface area contributed by atoms with Gasteiger partial charge in [0.15, 0.2) is 15.5 Å². The maximum absolute atomic E-state index is 14.1. The highest BCUT2D eigenvalue weighted by atomic mass is 33.1. The number of carbonyl (C=O) groups is 4. The number of rotatable bonds is 1. The number of carbonyl (C=O) groups excluding carboxylic acids is 4. The van der Waals surface area contributed by atoms with Crippen LogP contribution in [0.15, 0.2) is 12.2 Å². The van der Waals surface area contributed by atoms with Gasteiger partial charge in [-0.25, -0.2) is 0 Å². The van der Waals surface area contributed by atoms with Crippen LogP contribution in [0.2, 0.25) is 0 Å². The predicted octanol–water partition coefficient (Wildman–Crippen LogP) is -0.213. The lowest BCUT2D eigenvalue weighted by Gasteiger charge is -2.53. The lowest BCUT2D eigenvalue weighted by atomic mass is 9.81. The summed E-state index contributed by atoms with van der Waals surface area (Å²) in [5.41, 5.74) is 0. The molecule has 4 saturated heterocycles. The maximum atomic E-state index is 14.1. The minimum absolute atomic E-state index is 0.00970. The zero-order chi connectivity index (χ0) is 21.2. The van der Waals surface area contributed by atoms with Crippen molar-refractivity contribution < 1.29 is 29.4 Å². The fraction of sp³-hybridized carbons (Fsp3) is 0.684. The van der Waals surface area contributed by atoms with Gasteiger partial charge in [-0.3, -0.25) is 19.2 Å². The summed E-state index contributed by atoms with van der Waals surface area (Å²) in [6.07, 6.45) is 3.07. The van der Waals surface area contributed by atoms with Crippen molar-refractivity contribution in [3.63, 3.8) is 0 Å². The third kappa shape index (κ3) is 2.02. The molecule has 2 N–H and O–H groups in total. The van der Waals surface area contributed by atoms with Gasteiger partial charge in [0, 0.05) is 31.1 Å². The lowest BCUT2D eigenvalue weighted by Crippen LogP contribution is -2.74. The number of thioether (sulfide) groups is 1. The van der Waals surface area contributed by atoms with Crippen molar-refractivity contribution in [3.8, 4) is 0 Å². The van der Waals surface area contributed by atoms with Crippen LogP contribution in [-0.4, -0.2) is 88.9 Å². The molecule has 5 fully saturated rings. The maximum Gasteiger partial charge on any atom is 0.261 e. The van der Waals surface area contributed by atoms with Gasteiger partial charge in [-0.05, 0) is 12.3 Å². The number of piperazine rings is 1. The number of hydrogen-bond acceptors (Lipinski definition) is 9. The topological polar surface area (TPSA) is 115 Å². The molecule has 160 valence electrons. The molecular formula is C19H20N2O6S3. The summed E-state index contributed by atoms with van der Waals surface area (Å²) in [7, 11) is 2.57. The van der Waals surface area contributed by atoms with E-state index in [1.807, 2.05) is 0 Å². The minimum Gasteiger partial charge on any atom is -0.390 e. The van der Waals surface area contributed by atoms with Crippen molar-refractivity contribution in [2.75, 3.05) is 6.26 Å². The van der Waals surface area contributed by atoms with Crippen LogP contribution in [0.5, 0.6) is 0 Å². The summed E-state index contributed by atoms with van der Waals surface area (Å²) in [5.74, 6) is -2.08. The summed E-state index contributed by atoms with van der Waals surface area (Å²) in [6.45, 7) is 0. The van der Waals surface area contributed by atoms with Crippen LogP contribution in [0.25, 0.3) is 0 Å². The summed E-state index contributed by atoms with van der Waals surface area (Å²) >= 11 is 1.20. The lowest BCUT2D eigenvalue weighted by molar-refractivity contribution is -0.169. The number of allylic oxidation sites excluding steroid dienone is 1. The molecule has 0 aromatic heterocycles. The van der Waals surface area contributed by atoms with Crippen LogP contribution in [0, 0.1) is 11.8 Å². The molecule has 2 aliphatic carbocycles. The molecular weight excluding hydrogens is 448 g/mol. The third-order valence-corrected chi connectivity index (χ3v) is 12.3. The molecule has 0 spiro atoms. The molecule has 8 nitrogen and oxygen atoms in total. The highest BCUT2D eigenvalue weighted by Gasteiger charge is 2.77. The molecule has 4 heterocycles. The standard InChI is InChI=1S/C19H20N2O6S3/c1-28-18-5-7-9(22)2-3-10(23)13(7)20(18)17(27)19-6-8-11(24)4-12(29-30-19)15(25)14(8)21(19)16(18)26/h2-3,7-8,10,12-15,23,25H,4-6H2,1H3/t7-,8-,10-,12+,13-,14-,15-,18+,19+/m0/s1. The molecule has 0 unspecified atom stereocenters. The molecule has 3 bridgehead atoms. The first kappa shape index (κ1) is 19.7. The van der Waals surface area contributed by atoms with E-state index in [1.165, 1.54) is 55.3 Å². The number of fused-ring (bicyclic) bond motifs is 4. The first-order valence-electron chi connectivity index (χ1n) is 9.95. The summed E-state index contributed by atoms with van der Waals surface area (Å²) < 4.78 is 0. The summed E-state index contributed by atoms with van der Waals surface area (Å²) in [6, 6.07) is -1.52. The average molecular weight is 469 g/mol. The number of Topliss-reactive ketones (excluding diaryl/α,β-unsaturated/α-hetero) is 1. The molecule has 0 aromatic rings. The van der Waals surface area contributed by atoms with Gasteiger partial charge >= 0.3 is 0 Å². The van der Waals surface area contributed by atoms with E-state index >= 15 is 0 Å². The Balaban J connectivity index is 1.55. The molecule has 4 aliphatic heterocycles. The summed E-state index contributed by atoms with van der Waals surface area (Å²) in [4.78, 5) is 53.9. The van der Waals surface area contributed by atoms with Crippen LogP contribution in [-0.2, 0) is 19.2 Å². The van der Waals surface area contributed by atoms with Gasteiger partial charge in [0.25, 0.3) is 11.8 Å². The van der Waals surface area contributed by atoms with Gasteiger partial charge in [-0.15, -0.1) is 11.8 Å². The van der Waals surface area contributed by atoms with Crippen molar-refractivity contribution in [3.05, 3.63) is 12.2 Å². The van der Waals surface area contributed by atoms with Crippen molar-refractivity contribution in [2.24, 2.45) is 11.8 Å². The number of hydrogen-bond donors (Lipinski definition) is 2. The Morgan fingerprint density at radius 2 is 1.83 bits per heavy atom. The number of aliphatic hydroxyl groups excluding tert-OH is 2. The van der Waals surface area contributed by atoms with Crippen LogP contribution >= 0.6 is 33.3 Å². The zero-order valence-electron chi connectivity index (χ0n) is 16.0. The molecule has 0 aromatic carbocycles. The molecule has 6 rings (SSSR count). The molecule has 6 aliphatic rings. The Kier molecular flexibility index (Phi) is 3.97. The van der Waals surface area contributed by atoms with E-state index in [4.69, 9.17) is 0 Å². The number of aliphatic hydroxyl groups is 2. The second-order valence-corrected chi connectivity index (χ2v) is 12.7. The summed E-state index contributed by atoms with van der Waals surface area (Å²) in [5, 5.41) is 21.3. The van der Waals surface area contributed by atoms with Crippen molar-refractivity contribution >= 4 is 56.7 Å². The third-order valence-electron chi connectivity index (χ3n) is 7.67. The molecule has 0 radical (unpaired) electrons. The van der Waals surface area contributed by atoms with Gasteiger partial charge in [0.05, 0.1) is 29.5 Å². The Labute approximate surface area is 184 Å². The average Bonchev–Trinajstić information content (AvgIpc) is 3.24. The Morgan fingerprint density at radius 1 is 1.07 bits per heavy atom.